The minimum atomic E-state index is 0.422. The lowest BCUT2D eigenvalue weighted by Crippen LogP contribution is -2.49. The zero-order valence-electron chi connectivity index (χ0n) is 12.9. The molecule has 2 fully saturated rings. The van der Waals surface area contributed by atoms with Crippen LogP contribution in [0.3, 0.4) is 0 Å². The summed E-state index contributed by atoms with van der Waals surface area (Å²) >= 11 is 0. The van der Waals surface area contributed by atoms with Crippen molar-refractivity contribution >= 4 is 5.82 Å². The number of hydrogen-bond acceptors (Lipinski definition) is 4. The first kappa shape index (κ1) is 13.9. The van der Waals surface area contributed by atoms with Gasteiger partial charge in [-0.25, -0.2) is 0 Å². The highest BCUT2D eigenvalue weighted by molar-refractivity contribution is 5.52. The van der Waals surface area contributed by atoms with Gasteiger partial charge in [0, 0.05) is 25.7 Å². The van der Waals surface area contributed by atoms with Crippen LogP contribution in [0.25, 0.3) is 0 Å². The molecule has 0 radical (unpaired) electrons. The smallest absolute Gasteiger partial charge is 0.131 e. The molecule has 1 aromatic rings. The van der Waals surface area contributed by atoms with Crippen LogP contribution in [0.4, 0.5) is 5.82 Å². The number of hydrogen-bond donors (Lipinski definition) is 1. The van der Waals surface area contributed by atoms with Crippen LogP contribution >= 0.6 is 0 Å². The van der Waals surface area contributed by atoms with Gasteiger partial charge in [0.25, 0.3) is 0 Å². The van der Waals surface area contributed by atoms with E-state index < -0.39 is 0 Å². The van der Waals surface area contributed by atoms with Crippen molar-refractivity contribution in [2.75, 3.05) is 24.6 Å². The van der Waals surface area contributed by atoms with E-state index in [0.717, 1.165) is 31.9 Å². The summed E-state index contributed by atoms with van der Waals surface area (Å²) in [4.78, 5) is 2.55. The third-order valence-corrected chi connectivity index (χ3v) is 4.62. The summed E-state index contributed by atoms with van der Waals surface area (Å²) in [6.07, 6.45) is 4.16. The van der Waals surface area contributed by atoms with Gasteiger partial charge in [-0.3, -0.25) is 4.68 Å². The summed E-state index contributed by atoms with van der Waals surface area (Å²) in [6, 6.07) is 0.541. The number of nitrogens with one attached hydrogen (secondary N) is 1. The van der Waals surface area contributed by atoms with Gasteiger partial charge in [-0.15, -0.1) is 0 Å². The molecule has 0 aromatic carbocycles. The highest BCUT2D eigenvalue weighted by Crippen LogP contribution is 2.35. The molecule has 5 heteroatoms. The van der Waals surface area contributed by atoms with Crippen molar-refractivity contribution in [1.29, 1.82) is 0 Å². The Balaban J connectivity index is 1.91. The Morgan fingerprint density at radius 1 is 1.40 bits per heavy atom. The maximum atomic E-state index is 5.93. The Hall–Kier alpha value is -1.07. The van der Waals surface area contributed by atoms with Crippen LogP contribution in [0.15, 0.2) is 0 Å². The minimum Gasteiger partial charge on any atom is -0.374 e. The van der Waals surface area contributed by atoms with Crippen LogP contribution in [0.1, 0.15) is 37.4 Å². The monoisotopic (exact) mass is 278 g/mol. The van der Waals surface area contributed by atoms with E-state index in [0.29, 0.717) is 12.1 Å². The van der Waals surface area contributed by atoms with E-state index in [1.165, 1.54) is 30.6 Å². The number of fused-ring (bicyclic) bond motifs is 1. The van der Waals surface area contributed by atoms with E-state index in [-0.39, 0.29) is 0 Å². The van der Waals surface area contributed by atoms with Crippen LogP contribution in [-0.4, -0.2) is 41.6 Å². The molecule has 1 aliphatic carbocycles. The number of ether oxygens (including phenoxy) is 1. The van der Waals surface area contributed by atoms with Gasteiger partial charge < -0.3 is 15.0 Å². The van der Waals surface area contributed by atoms with Crippen LogP contribution in [0, 0.1) is 6.92 Å². The minimum absolute atomic E-state index is 0.422. The van der Waals surface area contributed by atoms with Gasteiger partial charge in [-0.2, -0.15) is 5.10 Å². The average molecular weight is 278 g/mol. The van der Waals surface area contributed by atoms with E-state index in [1.807, 2.05) is 0 Å². The maximum absolute atomic E-state index is 5.93. The van der Waals surface area contributed by atoms with Gasteiger partial charge in [0.05, 0.1) is 24.4 Å². The van der Waals surface area contributed by atoms with Crippen molar-refractivity contribution in [2.45, 2.75) is 51.8 Å². The normalized spacial score (nSPS) is 26.1. The Kier molecular flexibility index (Phi) is 3.98. The predicted molar refractivity (Wildman–Crippen MR) is 80.1 cm³/mol. The standard InChI is InChI=1S/C15H26N4O/c1-4-16-10-12-11(2)17-18(3)15(12)19-8-9-20-14-7-5-6-13(14)19/h13-14,16H,4-10H2,1-3H3. The fourth-order valence-electron chi connectivity index (χ4n) is 3.69. The molecular formula is C15H26N4O. The van der Waals surface area contributed by atoms with Crippen molar-refractivity contribution in [3.05, 3.63) is 11.3 Å². The first-order valence-electron chi connectivity index (χ1n) is 7.83. The quantitative estimate of drug-likeness (QED) is 0.908. The fourth-order valence-corrected chi connectivity index (χ4v) is 3.69. The van der Waals surface area contributed by atoms with Crippen molar-refractivity contribution in [1.82, 2.24) is 15.1 Å². The fraction of sp³-hybridized carbons (Fsp3) is 0.800. The van der Waals surface area contributed by atoms with Gasteiger partial charge in [0.1, 0.15) is 5.82 Å². The van der Waals surface area contributed by atoms with Gasteiger partial charge in [0.15, 0.2) is 0 Å². The first-order valence-corrected chi connectivity index (χ1v) is 7.83. The third kappa shape index (κ3) is 2.33. The number of aromatic nitrogens is 2. The lowest BCUT2D eigenvalue weighted by atomic mass is 10.1. The van der Waals surface area contributed by atoms with E-state index in [4.69, 9.17) is 4.74 Å². The van der Waals surface area contributed by atoms with Gasteiger partial charge in [0.2, 0.25) is 0 Å². The number of anilines is 1. The molecule has 2 atom stereocenters. The van der Waals surface area contributed by atoms with Crippen LogP contribution < -0.4 is 10.2 Å². The molecule has 2 unspecified atom stereocenters. The summed E-state index contributed by atoms with van der Waals surface area (Å²) < 4.78 is 7.99. The molecule has 1 aromatic heterocycles. The summed E-state index contributed by atoms with van der Waals surface area (Å²) in [5.41, 5.74) is 2.49. The third-order valence-electron chi connectivity index (χ3n) is 4.62. The molecule has 112 valence electrons. The SMILES string of the molecule is CCNCc1c(C)nn(C)c1N1CCOC2CCCC21. The molecule has 20 heavy (non-hydrogen) atoms. The Morgan fingerprint density at radius 2 is 2.25 bits per heavy atom. The molecule has 1 saturated carbocycles. The van der Waals surface area contributed by atoms with Crippen LogP contribution in [-0.2, 0) is 18.3 Å². The number of nitrogens with zero attached hydrogens (tertiary/aromatic N) is 3. The van der Waals surface area contributed by atoms with Crippen LogP contribution in [0.2, 0.25) is 0 Å². The molecule has 2 heterocycles. The van der Waals surface area contributed by atoms with Gasteiger partial charge >= 0.3 is 0 Å². The summed E-state index contributed by atoms with van der Waals surface area (Å²) in [5.74, 6) is 1.30. The second-order valence-electron chi connectivity index (χ2n) is 5.89. The Morgan fingerprint density at radius 3 is 3.05 bits per heavy atom. The molecule has 1 saturated heterocycles. The molecule has 2 aliphatic rings. The molecule has 0 bridgehead atoms. The molecule has 5 nitrogen and oxygen atoms in total. The topological polar surface area (TPSA) is 42.3 Å². The lowest BCUT2D eigenvalue weighted by molar-refractivity contribution is 0.0250. The van der Waals surface area contributed by atoms with Crippen molar-refractivity contribution in [2.24, 2.45) is 7.05 Å². The highest BCUT2D eigenvalue weighted by atomic mass is 16.5. The van der Waals surface area contributed by atoms with Gasteiger partial charge in [-0.1, -0.05) is 6.92 Å². The zero-order valence-corrected chi connectivity index (χ0v) is 12.9. The molecule has 1 aliphatic heterocycles. The Bertz CT molecular complexity index is 471. The lowest BCUT2D eigenvalue weighted by Gasteiger charge is -2.39. The van der Waals surface area contributed by atoms with E-state index >= 15 is 0 Å². The number of rotatable bonds is 4. The van der Waals surface area contributed by atoms with Crippen molar-refractivity contribution < 1.29 is 4.74 Å². The first-order chi connectivity index (χ1) is 9.72. The van der Waals surface area contributed by atoms with E-state index in [1.54, 1.807) is 0 Å². The van der Waals surface area contributed by atoms with E-state index in [9.17, 15) is 0 Å². The van der Waals surface area contributed by atoms with Crippen molar-refractivity contribution in [3.63, 3.8) is 0 Å². The zero-order chi connectivity index (χ0) is 14.1. The second-order valence-corrected chi connectivity index (χ2v) is 5.89. The highest BCUT2D eigenvalue weighted by Gasteiger charge is 2.38. The number of morpholine rings is 1. The Labute approximate surface area is 121 Å². The largest absolute Gasteiger partial charge is 0.374 e. The molecule has 1 N–H and O–H groups in total. The average Bonchev–Trinajstić information content (AvgIpc) is 3.00. The molecule has 0 amide bonds. The van der Waals surface area contributed by atoms with Gasteiger partial charge in [-0.05, 0) is 32.7 Å². The maximum Gasteiger partial charge on any atom is 0.131 e. The summed E-state index contributed by atoms with van der Waals surface area (Å²) in [5, 5.41) is 8.09. The number of aryl methyl sites for hydroxylation is 2. The van der Waals surface area contributed by atoms with E-state index in [2.05, 4.69) is 40.9 Å². The second kappa shape index (κ2) is 5.74. The molecular weight excluding hydrogens is 252 g/mol. The summed E-state index contributed by atoms with van der Waals surface area (Å²) in [6.45, 7) is 7.98. The molecule has 3 rings (SSSR count). The predicted octanol–water partition coefficient (Wildman–Crippen LogP) is 1.60. The van der Waals surface area contributed by atoms with Crippen molar-refractivity contribution in [3.8, 4) is 0 Å². The van der Waals surface area contributed by atoms with Crippen LogP contribution in [0.5, 0.6) is 0 Å². The molecule has 0 spiro atoms. The summed E-state index contributed by atoms with van der Waals surface area (Å²) in [7, 11) is 2.07.